The van der Waals surface area contributed by atoms with Gasteiger partial charge in [0.2, 0.25) is 0 Å². The molecule has 0 aliphatic rings. The molecule has 2 rings (SSSR count). The number of hydrogen-bond donors (Lipinski definition) is 1. The summed E-state index contributed by atoms with van der Waals surface area (Å²) in [5, 5.41) is 4.22. The van der Waals surface area contributed by atoms with E-state index in [1.54, 1.807) is 30.4 Å². The standard InChI is InChI=1S/C16H21FN2S/c1-5-9-18-11(3)15-12(4)19-16(20-15)13-8-6-7-10(2)14(13)17/h6-8,11,18H,5,9H2,1-4H3. The molecule has 1 aromatic carbocycles. The molecule has 20 heavy (non-hydrogen) atoms. The van der Waals surface area contributed by atoms with Crippen molar-refractivity contribution in [1.82, 2.24) is 10.3 Å². The maximum atomic E-state index is 14.2. The highest BCUT2D eigenvalue weighted by atomic mass is 32.1. The van der Waals surface area contributed by atoms with Crippen molar-refractivity contribution in [1.29, 1.82) is 0 Å². The lowest BCUT2D eigenvalue weighted by molar-refractivity contribution is 0.575. The highest BCUT2D eigenvalue weighted by Crippen LogP contribution is 2.33. The molecule has 0 saturated heterocycles. The van der Waals surface area contributed by atoms with E-state index in [0.29, 0.717) is 11.1 Å². The van der Waals surface area contributed by atoms with Crippen LogP contribution in [0.5, 0.6) is 0 Å². The normalized spacial score (nSPS) is 12.7. The zero-order valence-corrected chi connectivity index (χ0v) is 13.3. The van der Waals surface area contributed by atoms with Gasteiger partial charge in [-0.2, -0.15) is 0 Å². The molecular weight excluding hydrogens is 271 g/mol. The van der Waals surface area contributed by atoms with E-state index in [0.717, 1.165) is 23.7 Å². The number of hydrogen-bond acceptors (Lipinski definition) is 3. The van der Waals surface area contributed by atoms with Gasteiger partial charge in [-0.15, -0.1) is 11.3 Å². The van der Waals surface area contributed by atoms with Crippen LogP contribution in [0, 0.1) is 19.7 Å². The Balaban J connectivity index is 2.33. The Morgan fingerprint density at radius 1 is 1.35 bits per heavy atom. The SMILES string of the molecule is CCCNC(C)c1sc(-c2cccc(C)c2F)nc1C. The molecule has 1 aromatic heterocycles. The molecule has 2 aromatic rings. The molecule has 1 heterocycles. The Bertz CT molecular complexity index is 592. The van der Waals surface area contributed by atoms with Gasteiger partial charge in [0.1, 0.15) is 10.8 Å². The second-order valence-corrected chi connectivity index (χ2v) is 6.11. The van der Waals surface area contributed by atoms with Gasteiger partial charge in [0, 0.05) is 16.5 Å². The van der Waals surface area contributed by atoms with Gasteiger partial charge >= 0.3 is 0 Å². The molecular formula is C16H21FN2S. The average molecular weight is 292 g/mol. The van der Waals surface area contributed by atoms with E-state index in [4.69, 9.17) is 0 Å². The largest absolute Gasteiger partial charge is 0.309 e. The Morgan fingerprint density at radius 2 is 2.10 bits per heavy atom. The Labute approximate surface area is 124 Å². The molecule has 2 nitrogen and oxygen atoms in total. The van der Waals surface area contributed by atoms with Gasteiger partial charge in [0.05, 0.1) is 5.69 Å². The monoisotopic (exact) mass is 292 g/mol. The van der Waals surface area contributed by atoms with E-state index in [1.807, 2.05) is 13.0 Å². The maximum Gasteiger partial charge on any atom is 0.136 e. The van der Waals surface area contributed by atoms with Crippen LogP contribution < -0.4 is 5.32 Å². The fourth-order valence-corrected chi connectivity index (χ4v) is 3.30. The third-order valence-corrected chi connectivity index (χ3v) is 4.72. The van der Waals surface area contributed by atoms with E-state index in [1.165, 1.54) is 4.88 Å². The topological polar surface area (TPSA) is 24.9 Å². The number of aromatic nitrogens is 1. The summed E-state index contributed by atoms with van der Waals surface area (Å²) in [5.41, 5.74) is 2.25. The molecule has 0 saturated carbocycles. The van der Waals surface area contributed by atoms with Crippen LogP contribution in [0.3, 0.4) is 0 Å². The van der Waals surface area contributed by atoms with Crippen LogP contribution in [-0.2, 0) is 0 Å². The minimum atomic E-state index is -0.165. The molecule has 0 radical (unpaired) electrons. The molecule has 1 atom stereocenters. The van der Waals surface area contributed by atoms with Gasteiger partial charge in [0.25, 0.3) is 0 Å². The van der Waals surface area contributed by atoms with Crippen molar-refractivity contribution in [3.63, 3.8) is 0 Å². The molecule has 0 amide bonds. The zero-order valence-electron chi connectivity index (χ0n) is 12.5. The number of aryl methyl sites for hydroxylation is 2. The molecule has 1 unspecified atom stereocenters. The highest BCUT2D eigenvalue weighted by molar-refractivity contribution is 7.15. The lowest BCUT2D eigenvalue weighted by atomic mass is 10.1. The van der Waals surface area contributed by atoms with Crippen molar-refractivity contribution in [2.75, 3.05) is 6.54 Å². The second-order valence-electron chi connectivity index (χ2n) is 5.08. The van der Waals surface area contributed by atoms with Crippen LogP contribution in [0.4, 0.5) is 4.39 Å². The molecule has 0 fully saturated rings. The van der Waals surface area contributed by atoms with Gasteiger partial charge in [0.15, 0.2) is 0 Å². The summed E-state index contributed by atoms with van der Waals surface area (Å²) in [6.07, 6.45) is 1.10. The van der Waals surface area contributed by atoms with Crippen LogP contribution >= 0.6 is 11.3 Å². The van der Waals surface area contributed by atoms with E-state index < -0.39 is 0 Å². The maximum absolute atomic E-state index is 14.2. The van der Waals surface area contributed by atoms with Gasteiger partial charge in [-0.05, 0) is 45.4 Å². The van der Waals surface area contributed by atoms with E-state index >= 15 is 0 Å². The summed E-state index contributed by atoms with van der Waals surface area (Å²) in [4.78, 5) is 5.74. The van der Waals surface area contributed by atoms with Crippen LogP contribution in [0.25, 0.3) is 10.6 Å². The predicted molar refractivity (Wildman–Crippen MR) is 83.7 cm³/mol. The minimum absolute atomic E-state index is 0.165. The molecule has 0 aliphatic heterocycles. The first-order valence-electron chi connectivity index (χ1n) is 7.00. The van der Waals surface area contributed by atoms with Crippen molar-refractivity contribution in [2.24, 2.45) is 0 Å². The lowest BCUT2D eigenvalue weighted by Gasteiger charge is -2.11. The van der Waals surface area contributed by atoms with Gasteiger partial charge in [-0.3, -0.25) is 0 Å². The highest BCUT2D eigenvalue weighted by Gasteiger charge is 2.17. The molecule has 0 spiro atoms. The van der Waals surface area contributed by atoms with Crippen molar-refractivity contribution in [3.05, 3.63) is 40.2 Å². The van der Waals surface area contributed by atoms with E-state index in [2.05, 4.69) is 24.1 Å². The number of rotatable bonds is 5. The van der Waals surface area contributed by atoms with Crippen LogP contribution in [0.2, 0.25) is 0 Å². The van der Waals surface area contributed by atoms with Gasteiger partial charge in [-0.1, -0.05) is 19.1 Å². The number of nitrogens with one attached hydrogen (secondary N) is 1. The first-order valence-corrected chi connectivity index (χ1v) is 7.82. The van der Waals surface area contributed by atoms with Gasteiger partial charge in [-0.25, -0.2) is 9.37 Å². The predicted octanol–water partition coefficient (Wildman–Crippen LogP) is 4.63. The quantitative estimate of drug-likeness (QED) is 0.869. The summed E-state index contributed by atoms with van der Waals surface area (Å²) < 4.78 is 14.2. The first-order chi connectivity index (χ1) is 9.54. The summed E-state index contributed by atoms with van der Waals surface area (Å²) in [5.74, 6) is -0.165. The van der Waals surface area contributed by atoms with E-state index in [9.17, 15) is 4.39 Å². The molecule has 1 N–H and O–H groups in total. The number of halogens is 1. The van der Waals surface area contributed by atoms with Crippen LogP contribution in [-0.4, -0.2) is 11.5 Å². The van der Waals surface area contributed by atoms with Crippen LogP contribution in [0.15, 0.2) is 18.2 Å². The van der Waals surface area contributed by atoms with E-state index in [-0.39, 0.29) is 11.9 Å². The summed E-state index contributed by atoms with van der Waals surface area (Å²) >= 11 is 1.58. The lowest BCUT2D eigenvalue weighted by Crippen LogP contribution is -2.18. The third kappa shape index (κ3) is 3.07. The first kappa shape index (κ1) is 15.1. The van der Waals surface area contributed by atoms with Crippen molar-refractivity contribution in [2.45, 2.75) is 40.2 Å². The zero-order chi connectivity index (χ0) is 14.7. The molecule has 4 heteroatoms. The van der Waals surface area contributed by atoms with Gasteiger partial charge < -0.3 is 5.32 Å². The Hall–Kier alpha value is -1.26. The fourth-order valence-electron chi connectivity index (χ4n) is 2.19. The second kappa shape index (κ2) is 6.46. The molecule has 0 aliphatic carbocycles. The minimum Gasteiger partial charge on any atom is -0.309 e. The summed E-state index contributed by atoms with van der Waals surface area (Å²) in [6.45, 7) is 9.03. The number of thiazole rings is 1. The summed E-state index contributed by atoms with van der Waals surface area (Å²) in [7, 11) is 0. The number of benzene rings is 1. The Morgan fingerprint density at radius 3 is 2.80 bits per heavy atom. The number of nitrogens with zero attached hydrogens (tertiary/aromatic N) is 1. The van der Waals surface area contributed by atoms with Crippen LogP contribution in [0.1, 0.15) is 42.4 Å². The summed E-state index contributed by atoms with van der Waals surface area (Å²) in [6, 6.07) is 5.72. The Kier molecular flexibility index (Phi) is 4.89. The average Bonchev–Trinajstić information content (AvgIpc) is 2.81. The molecule has 108 valence electrons. The fraction of sp³-hybridized carbons (Fsp3) is 0.438. The smallest absolute Gasteiger partial charge is 0.136 e. The molecule has 0 bridgehead atoms. The van der Waals surface area contributed by atoms with Crippen molar-refractivity contribution >= 4 is 11.3 Å². The third-order valence-electron chi connectivity index (χ3n) is 3.35. The van der Waals surface area contributed by atoms with Crippen molar-refractivity contribution < 1.29 is 4.39 Å². The van der Waals surface area contributed by atoms with Crippen molar-refractivity contribution in [3.8, 4) is 10.6 Å².